The summed E-state index contributed by atoms with van der Waals surface area (Å²) in [5, 5.41) is 2.74. The molecule has 0 saturated carbocycles. The maximum atomic E-state index is 12.7. The van der Waals surface area contributed by atoms with Crippen LogP contribution in [0.15, 0.2) is 63.8 Å². The number of aromatic nitrogens is 1. The minimum absolute atomic E-state index is 0.176. The molecular weight excluding hydrogens is 398 g/mol. The number of carbonyl (C=O) groups is 2. The Hall–Kier alpha value is -2.93. The van der Waals surface area contributed by atoms with Crippen molar-refractivity contribution in [2.45, 2.75) is 6.92 Å². The minimum atomic E-state index is -0.357. The molecule has 26 heavy (non-hydrogen) atoms. The van der Waals surface area contributed by atoms with Gasteiger partial charge in [0.1, 0.15) is 5.82 Å². The van der Waals surface area contributed by atoms with Crippen molar-refractivity contribution in [3.8, 4) is 0 Å². The lowest BCUT2D eigenvalue weighted by Crippen LogP contribution is -2.28. The fraction of sp³-hybridized carbons (Fsp3) is 0.105. The van der Waals surface area contributed by atoms with Crippen LogP contribution in [0.1, 0.15) is 26.5 Å². The minimum Gasteiger partial charge on any atom is -0.444 e. The van der Waals surface area contributed by atoms with Crippen molar-refractivity contribution in [2.24, 2.45) is 0 Å². The Morgan fingerprint density at radius 3 is 2.54 bits per heavy atom. The summed E-state index contributed by atoms with van der Waals surface area (Å²) in [6.07, 6.45) is 1.67. The lowest BCUT2D eigenvalue weighted by atomic mass is 10.1. The quantitative estimate of drug-likeness (QED) is 0.692. The van der Waals surface area contributed by atoms with Crippen molar-refractivity contribution >= 4 is 39.2 Å². The summed E-state index contributed by atoms with van der Waals surface area (Å²) < 4.78 is 5.77. The maximum absolute atomic E-state index is 12.7. The Labute approximate surface area is 159 Å². The molecule has 6 nitrogen and oxygen atoms in total. The summed E-state index contributed by atoms with van der Waals surface area (Å²) in [6, 6.07) is 13.7. The predicted molar refractivity (Wildman–Crippen MR) is 103 cm³/mol. The largest absolute Gasteiger partial charge is 0.444 e. The first kappa shape index (κ1) is 17.9. The van der Waals surface area contributed by atoms with Gasteiger partial charge in [-0.2, -0.15) is 0 Å². The summed E-state index contributed by atoms with van der Waals surface area (Å²) in [7, 11) is 1.59. The summed E-state index contributed by atoms with van der Waals surface area (Å²) in [5.74, 6) is -0.0872. The van der Waals surface area contributed by atoms with Crippen molar-refractivity contribution < 1.29 is 14.0 Å². The number of carbonyl (C=O) groups excluding carboxylic acids is 2. The molecule has 0 aliphatic rings. The number of amides is 2. The van der Waals surface area contributed by atoms with Crippen LogP contribution in [0.3, 0.4) is 0 Å². The molecule has 1 N–H and O–H groups in total. The molecule has 0 saturated heterocycles. The van der Waals surface area contributed by atoms with Gasteiger partial charge in [0.2, 0.25) is 0 Å². The Morgan fingerprint density at radius 1 is 1.12 bits per heavy atom. The highest BCUT2D eigenvalue weighted by atomic mass is 79.9. The van der Waals surface area contributed by atoms with E-state index in [0.717, 1.165) is 5.56 Å². The zero-order valence-electron chi connectivity index (χ0n) is 14.2. The number of benzene rings is 1. The summed E-state index contributed by atoms with van der Waals surface area (Å²) in [5.41, 5.74) is 1.82. The van der Waals surface area contributed by atoms with Gasteiger partial charge in [0.05, 0.1) is 11.3 Å². The molecule has 2 aromatic heterocycles. The van der Waals surface area contributed by atoms with Gasteiger partial charge >= 0.3 is 0 Å². The third-order valence-corrected chi connectivity index (χ3v) is 4.18. The molecule has 0 atom stereocenters. The normalized spacial score (nSPS) is 10.4. The van der Waals surface area contributed by atoms with Gasteiger partial charge in [-0.3, -0.25) is 9.59 Å². The van der Waals surface area contributed by atoms with E-state index < -0.39 is 0 Å². The fourth-order valence-electron chi connectivity index (χ4n) is 2.39. The summed E-state index contributed by atoms with van der Waals surface area (Å²) in [6.45, 7) is 1.92. The SMILES string of the molecule is Cc1ccc(NC(=O)c2ccccc2N(C)C(=O)c2ccc(Br)o2)nc1. The van der Waals surface area contributed by atoms with Crippen LogP contribution in [0.25, 0.3) is 0 Å². The number of pyridine rings is 1. The second-order valence-electron chi connectivity index (χ2n) is 5.66. The molecule has 132 valence electrons. The summed E-state index contributed by atoms with van der Waals surface area (Å²) >= 11 is 3.18. The monoisotopic (exact) mass is 413 g/mol. The fourth-order valence-corrected chi connectivity index (χ4v) is 2.69. The lowest BCUT2D eigenvalue weighted by molar-refractivity contribution is 0.0965. The number of hydrogen-bond donors (Lipinski definition) is 1. The van der Waals surface area contributed by atoms with Crippen molar-refractivity contribution in [1.29, 1.82) is 0 Å². The Morgan fingerprint density at radius 2 is 1.88 bits per heavy atom. The molecule has 2 amide bonds. The Bertz CT molecular complexity index is 951. The second kappa shape index (κ2) is 7.53. The number of nitrogens with one attached hydrogen (secondary N) is 1. The van der Waals surface area contributed by atoms with E-state index in [2.05, 4.69) is 26.2 Å². The number of nitrogens with zero attached hydrogens (tertiary/aromatic N) is 2. The van der Waals surface area contributed by atoms with Gasteiger partial charge in [0.15, 0.2) is 10.4 Å². The molecule has 1 aromatic carbocycles. The molecule has 0 bridgehead atoms. The molecule has 0 unspecified atom stereocenters. The van der Waals surface area contributed by atoms with Gasteiger partial charge in [-0.15, -0.1) is 0 Å². The van der Waals surface area contributed by atoms with E-state index in [-0.39, 0.29) is 17.6 Å². The van der Waals surface area contributed by atoms with Gasteiger partial charge in [0.25, 0.3) is 11.8 Å². The molecule has 3 aromatic rings. The highest BCUT2D eigenvalue weighted by molar-refractivity contribution is 9.10. The van der Waals surface area contributed by atoms with Gasteiger partial charge < -0.3 is 14.6 Å². The van der Waals surface area contributed by atoms with Crippen LogP contribution < -0.4 is 10.2 Å². The molecule has 2 heterocycles. The number of anilines is 2. The molecular formula is C19H16BrN3O3. The average Bonchev–Trinajstić information content (AvgIpc) is 3.08. The smallest absolute Gasteiger partial charge is 0.293 e. The van der Waals surface area contributed by atoms with E-state index in [1.165, 1.54) is 4.90 Å². The van der Waals surface area contributed by atoms with Gasteiger partial charge in [-0.05, 0) is 58.7 Å². The van der Waals surface area contributed by atoms with E-state index in [0.29, 0.717) is 21.7 Å². The van der Waals surface area contributed by atoms with Crippen LogP contribution >= 0.6 is 15.9 Å². The topological polar surface area (TPSA) is 75.4 Å². The lowest BCUT2D eigenvalue weighted by Gasteiger charge is -2.19. The van der Waals surface area contributed by atoms with Crippen LogP contribution in [0.4, 0.5) is 11.5 Å². The van der Waals surface area contributed by atoms with Gasteiger partial charge in [0, 0.05) is 13.2 Å². The molecule has 0 spiro atoms. The van der Waals surface area contributed by atoms with E-state index in [9.17, 15) is 9.59 Å². The van der Waals surface area contributed by atoms with E-state index in [4.69, 9.17) is 4.42 Å². The Kier molecular flexibility index (Phi) is 5.18. The average molecular weight is 414 g/mol. The first-order valence-corrected chi connectivity index (χ1v) is 8.61. The number of para-hydroxylation sites is 1. The zero-order valence-corrected chi connectivity index (χ0v) is 15.8. The highest BCUT2D eigenvalue weighted by Crippen LogP contribution is 2.23. The second-order valence-corrected chi connectivity index (χ2v) is 6.44. The van der Waals surface area contributed by atoms with Crippen molar-refractivity contribution in [2.75, 3.05) is 17.3 Å². The third kappa shape index (κ3) is 3.83. The molecule has 0 fully saturated rings. The first-order chi connectivity index (χ1) is 12.5. The number of halogens is 1. The van der Waals surface area contributed by atoms with Gasteiger partial charge in [-0.25, -0.2) is 4.98 Å². The van der Waals surface area contributed by atoms with Crippen molar-refractivity contribution in [1.82, 2.24) is 4.98 Å². The zero-order chi connectivity index (χ0) is 18.7. The van der Waals surface area contributed by atoms with E-state index >= 15 is 0 Å². The van der Waals surface area contributed by atoms with E-state index in [1.54, 1.807) is 55.7 Å². The molecule has 7 heteroatoms. The molecule has 0 radical (unpaired) electrons. The molecule has 3 rings (SSSR count). The van der Waals surface area contributed by atoms with Crippen molar-refractivity contribution in [3.05, 3.63) is 76.3 Å². The molecule has 0 aliphatic carbocycles. The first-order valence-electron chi connectivity index (χ1n) is 7.82. The number of aryl methyl sites for hydroxylation is 1. The Balaban J connectivity index is 1.86. The van der Waals surface area contributed by atoms with Crippen molar-refractivity contribution in [3.63, 3.8) is 0 Å². The van der Waals surface area contributed by atoms with Crippen LogP contribution in [-0.4, -0.2) is 23.8 Å². The van der Waals surface area contributed by atoms with Crippen LogP contribution in [0.5, 0.6) is 0 Å². The predicted octanol–water partition coefficient (Wildman–Crippen LogP) is 4.27. The number of rotatable bonds is 4. The maximum Gasteiger partial charge on any atom is 0.293 e. The third-order valence-electron chi connectivity index (χ3n) is 3.75. The highest BCUT2D eigenvalue weighted by Gasteiger charge is 2.22. The molecule has 0 aliphatic heterocycles. The standard InChI is InChI=1S/C19H16BrN3O3/c1-12-7-10-17(21-11-12)22-18(24)13-5-3-4-6-14(13)23(2)19(25)15-8-9-16(20)26-15/h3-11H,1-2H3,(H,21,22,24). The van der Waals surface area contributed by atoms with Crippen LogP contribution in [0, 0.1) is 6.92 Å². The van der Waals surface area contributed by atoms with E-state index in [1.807, 2.05) is 13.0 Å². The van der Waals surface area contributed by atoms with Crippen LogP contribution in [0.2, 0.25) is 0 Å². The number of hydrogen-bond acceptors (Lipinski definition) is 4. The van der Waals surface area contributed by atoms with Gasteiger partial charge in [-0.1, -0.05) is 18.2 Å². The number of furan rings is 1. The van der Waals surface area contributed by atoms with Crippen LogP contribution in [-0.2, 0) is 0 Å². The summed E-state index contributed by atoms with van der Waals surface area (Å²) in [4.78, 5) is 30.8.